The van der Waals surface area contributed by atoms with Crippen LogP contribution in [-0.4, -0.2) is 29.8 Å². The molecule has 4 nitrogen and oxygen atoms in total. The van der Waals surface area contributed by atoms with E-state index in [2.05, 4.69) is 6.07 Å². The van der Waals surface area contributed by atoms with Crippen LogP contribution in [-0.2, 0) is 10.5 Å². The maximum absolute atomic E-state index is 12.1. The first kappa shape index (κ1) is 15.6. The van der Waals surface area contributed by atoms with Crippen molar-refractivity contribution in [2.45, 2.75) is 5.75 Å². The van der Waals surface area contributed by atoms with Crippen LogP contribution in [0, 0.1) is 0 Å². The maximum atomic E-state index is 12.1. The van der Waals surface area contributed by atoms with E-state index in [4.69, 9.17) is 5.11 Å². The molecule has 0 unspecified atom stereocenters. The molecule has 0 spiro atoms. The molecule has 0 aliphatic heterocycles. The van der Waals surface area contributed by atoms with Gasteiger partial charge in [0, 0.05) is 23.4 Å². The summed E-state index contributed by atoms with van der Waals surface area (Å²) in [6, 6.07) is 10.3. The van der Waals surface area contributed by atoms with Gasteiger partial charge in [-0.2, -0.15) is 0 Å². The number of rotatable bonds is 6. The second-order valence-corrected chi connectivity index (χ2v) is 6.39. The molecule has 6 heteroatoms. The first-order valence-corrected chi connectivity index (χ1v) is 8.31. The summed E-state index contributed by atoms with van der Waals surface area (Å²) in [6.07, 6.45) is 0. The van der Waals surface area contributed by atoms with Crippen molar-refractivity contribution in [1.82, 2.24) is 0 Å². The molecule has 1 aromatic heterocycles. The first-order valence-electron chi connectivity index (χ1n) is 6.28. The van der Waals surface area contributed by atoms with Crippen molar-refractivity contribution in [3.05, 3.63) is 52.2 Å². The SMILES string of the molecule is CN(C(=O)CSCc1cccs1)c1ccc(C(=O)O)cc1. The second-order valence-electron chi connectivity index (χ2n) is 4.38. The highest BCUT2D eigenvalue weighted by molar-refractivity contribution is 7.99. The number of thiophene rings is 1. The van der Waals surface area contributed by atoms with E-state index in [9.17, 15) is 9.59 Å². The van der Waals surface area contributed by atoms with Crippen molar-refractivity contribution in [1.29, 1.82) is 0 Å². The van der Waals surface area contributed by atoms with Crippen LogP contribution in [0.15, 0.2) is 41.8 Å². The zero-order chi connectivity index (χ0) is 15.2. The first-order chi connectivity index (χ1) is 10.1. The van der Waals surface area contributed by atoms with Crippen molar-refractivity contribution < 1.29 is 14.7 Å². The molecular weight excluding hydrogens is 306 g/mol. The lowest BCUT2D eigenvalue weighted by atomic mass is 10.2. The molecule has 0 saturated heterocycles. The van der Waals surface area contributed by atoms with Crippen LogP contribution in [0.4, 0.5) is 5.69 Å². The maximum Gasteiger partial charge on any atom is 0.335 e. The molecular formula is C15H15NO3S2. The van der Waals surface area contributed by atoms with E-state index in [0.717, 1.165) is 5.75 Å². The molecule has 1 heterocycles. The monoisotopic (exact) mass is 321 g/mol. The molecule has 110 valence electrons. The number of aromatic carboxylic acids is 1. The quantitative estimate of drug-likeness (QED) is 0.886. The highest BCUT2D eigenvalue weighted by atomic mass is 32.2. The second kappa shape index (κ2) is 7.28. The molecule has 1 amide bonds. The molecule has 1 N–H and O–H groups in total. The van der Waals surface area contributed by atoms with Crippen molar-refractivity contribution in [2.24, 2.45) is 0 Å². The summed E-state index contributed by atoms with van der Waals surface area (Å²) < 4.78 is 0. The van der Waals surface area contributed by atoms with Crippen LogP contribution in [0.25, 0.3) is 0 Å². The molecule has 0 radical (unpaired) electrons. The molecule has 2 aromatic rings. The summed E-state index contributed by atoms with van der Waals surface area (Å²) >= 11 is 3.26. The van der Waals surface area contributed by atoms with E-state index < -0.39 is 5.97 Å². The highest BCUT2D eigenvalue weighted by Gasteiger charge is 2.12. The van der Waals surface area contributed by atoms with Gasteiger partial charge in [0.15, 0.2) is 0 Å². The van der Waals surface area contributed by atoms with E-state index in [0.29, 0.717) is 11.4 Å². The molecule has 0 bridgehead atoms. The Balaban J connectivity index is 1.87. The van der Waals surface area contributed by atoms with Crippen LogP contribution in [0.1, 0.15) is 15.2 Å². The third-order valence-corrected chi connectivity index (χ3v) is 4.95. The summed E-state index contributed by atoms with van der Waals surface area (Å²) in [4.78, 5) is 25.7. The van der Waals surface area contributed by atoms with E-state index >= 15 is 0 Å². The predicted molar refractivity (Wildman–Crippen MR) is 87.3 cm³/mol. The lowest BCUT2D eigenvalue weighted by Crippen LogP contribution is -2.27. The zero-order valence-corrected chi connectivity index (χ0v) is 13.1. The van der Waals surface area contributed by atoms with E-state index in [-0.39, 0.29) is 11.5 Å². The fraction of sp³-hybridized carbons (Fsp3) is 0.200. The van der Waals surface area contributed by atoms with Crippen molar-refractivity contribution in [3.63, 3.8) is 0 Å². The van der Waals surface area contributed by atoms with Gasteiger partial charge in [0.25, 0.3) is 0 Å². The number of hydrogen-bond donors (Lipinski definition) is 1. The average Bonchev–Trinajstić information content (AvgIpc) is 2.99. The molecule has 0 aliphatic carbocycles. The van der Waals surface area contributed by atoms with Crippen LogP contribution < -0.4 is 4.90 Å². The summed E-state index contributed by atoms with van der Waals surface area (Å²) in [5.41, 5.74) is 0.911. The van der Waals surface area contributed by atoms with Crippen LogP contribution in [0.5, 0.6) is 0 Å². The van der Waals surface area contributed by atoms with Gasteiger partial charge in [-0.1, -0.05) is 6.07 Å². The Morgan fingerprint density at radius 1 is 1.24 bits per heavy atom. The largest absolute Gasteiger partial charge is 0.478 e. The van der Waals surface area contributed by atoms with Crippen molar-refractivity contribution in [2.75, 3.05) is 17.7 Å². The van der Waals surface area contributed by atoms with Crippen LogP contribution in [0.3, 0.4) is 0 Å². The number of carboxylic acids is 1. The van der Waals surface area contributed by atoms with Gasteiger partial charge in [-0.25, -0.2) is 4.79 Å². The standard InChI is InChI=1S/C15H15NO3S2/c1-16(12-6-4-11(5-7-12)15(18)19)14(17)10-20-9-13-3-2-8-21-13/h2-8H,9-10H2,1H3,(H,18,19). The third-order valence-electron chi connectivity index (χ3n) is 2.93. The smallest absolute Gasteiger partial charge is 0.335 e. The van der Waals surface area contributed by atoms with E-state index in [1.807, 2.05) is 11.4 Å². The Labute approximate surface area is 131 Å². The fourth-order valence-corrected chi connectivity index (χ4v) is 3.48. The molecule has 21 heavy (non-hydrogen) atoms. The summed E-state index contributed by atoms with van der Waals surface area (Å²) in [5.74, 6) is 0.256. The van der Waals surface area contributed by atoms with E-state index in [1.165, 1.54) is 17.0 Å². The summed E-state index contributed by atoms with van der Waals surface area (Å²) in [7, 11) is 1.70. The number of thioether (sulfide) groups is 1. The third kappa shape index (κ3) is 4.34. The van der Waals surface area contributed by atoms with Crippen LogP contribution >= 0.6 is 23.1 Å². The average molecular weight is 321 g/mol. The van der Waals surface area contributed by atoms with Gasteiger partial charge < -0.3 is 10.0 Å². The lowest BCUT2D eigenvalue weighted by molar-refractivity contribution is -0.115. The Kier molecular flexibility index (Phi) is 5.41. The van der Waals surface area contributed by atoms with Gasteiger partial charge in [0.05, 0.1) is 11.3 Å². The van der Waals surface area contributed by atoms with Crippen molar-refractivity contribution in [3.8, 4) is 0 Å². The highest BCUT2D eigenvalue weighted by Crippen LogP contribution is 2.19. The molecule has 0 atom stereocenters. The molecule has 1 aromatic carbocycles. The molecule has 0 saturated carbocycles. The molecule has 2 rings (SSSR count). The number of hydrogen-bond acceptors (Lipinski definition) is 4. The van der Waals surface area contributed by atoms with Gasteiger partial charge in [-0.3, -0.25) is 4.79 Å². The fourth-order valence-electron chi connectivity index (χ4n) is 1.70. The van der Waals surface area contributed by atoms with E-state index in [1.54, 1.807) is 47.2 Å². The normalized spacial score (nSPS) is 10.3. The topological polar surface area (TPSA) is 57.6 Å². The minimum absolute atomic E-state index is 0.000342. The van der Waals surface area contributed by atoms with Gasteiger partial charge in [0.1, 0.15) is 0 Å². The number of carbonyl (C=O) groups is 2. The number of nitrogens with zero attached hydrogens (tertiary/aromatic N) is 1. The number of carboxylic acid groups (broad SMARTS) is 1. The minimum Gasteiger partial charge on any atom is -0.478 e. The van der Waals surface area contributed by atoms with Crippen molar-refractivity contribution >= 4 is 40.7 Å². The van der Waals surface area contributed by atoms with Crippen LogP contribution in [0.2, 0.25) is 0 Å². The number of benzene rings is 1. The van der Waals surface area contributed by atoms with Gasteiger partial charge in [-0.05, 0) is 35.7 Å². The lowest BCUT2D eigenvalue weighted by Gasteiger charge is -2.17. The Bertz CT molecular complexity index is 608. The Morgan fingerprint density at radius 2 is 1.95 bits per heavy atom. The Hall–Kier alpha value is -1.79. The zero-order valence-electron chi connectivity index (χ0n) is 11.5. The minimum atomic E-state index is -0.970. The van der Waals surface area contributed by atoms with Gasteiger partial charge in [0.2, 0.25) is 5.91 Å². The summed E-state index contributed by atoms with van der Waals surface area (Å²) in [6.45, 7) is 0. The number of anilines is 1. The number of amides is 1. The summed E-state index contributed by atoms with van der Waals surface area (Å²) in [5, 5.41) is 10.9. The molecule has 0 aliphatic rings. The van der Waals surface area contributed by atoms with Gasteiger partial charge in [-0.15, -0.1) is 23.1 Å². The molecule has 0 fully saturated rings. The Morgan fingerprint density at radius 3 is 2.52 bits per heavy atom. The number of carbonyl (C=O) groups excluding carboxylic acids is 1. The predicted octanol–water partition coefficient (Wildman–Crippen LogP) is 3.34. The van der Waals surface area contributed by atoms with Gasteiger partial charge >= 0.3 is 5.97 Å².